The summed E-state index contributed by atoms with van der Waals surface area (Å²) in [4.78, 5) is 11.5. The molecule has 2 heterocycles. The summed E-state index contributed by atoms with van der Waals surface area (Å²) in [7, 11) is 0. The van der Waals surface area contributed by atoms with Crippen molar-refractivity contribution >= 4 is 48.6 Å². The molecule has 4 rings (SSSR count). The van der Waals surface area contributed by atoms with E-state index < -0.39 is 39.0 Å². The highest BCUT2D eigenvalue weighted by atomic mass is 32.1. The standard InChI is InChI=1S/C19H8F6OS2/c20-18(21,22)13-9-5-1-3-7-11(9)27-16(13)15(26)17-14(19(23,24)25)10-6-2-4-8-12(10)28-17/h1-8H. The Hall–Kier alpha value is -2.39. The van der Waals surface area contributed by atoms with Gasteiger partial charge in [-0.1, -0.05) is 36.4 Å². The number of halogens is 6. The number of ketones is 1. The number of alkyl halides is 6. The van der Waals surface area contributed by atoms with Gasteiger partial charge in [0.15, 0.2) is 0 Å². The van der Waals surface area contributed by atoms with Crippen molar-refractivity contribution < 1.29 is 31.1 Å². The van der Waals surface area contributed by atoms with Crippen LogP contribution in [0.5, 0.6) is 0 Å². The third-order valence-corrected chi connectivity index (χ3v) is 6.51. The Morgan fingerprint density at radius 3 is 1.36 bits per heavy atom. The highest BCUT2D eigenvalue weighted by molar-refractivity contribution is 7.24. The molecule has 0 saturated heterocycles. The van der Waals surface area contributed by atoms with E-state index in [9.17, 15) is 31.1 Å². The van der Waals surface area contributed by atoms with Crippen LogP contribution in [-0.2, 0) is 12.4 Å². The molecule has 0 bridgehead atoms. The molecule has 0 spiro atoms. The van der Waals surface area contributed by atoms with E-state index in [4.69, 9.17) is 0 Å². The van der Waals surface area contributed by atoms with Crippen LogP contribution in [-0.4, -0.2) is 5.78 Å². The highest BCUT2D eigenvalue weighted by Crippen LogP contribution is 2.47. The van der Waals surface area contributed by atoms with Crippen molar-refractivity contribution in [2.75, 3.05) is 0 Å². The Morgan fingerprint density at radius 1 is 0.643 bits per heavy atom. The second-order valence-corrected chi connectivity index (χ2v) is 8.03. The van der Waals surface area contributed by atoms with E-state index in [1.54, 1.807) is 0 Å². The van der Waals surface area contributed by atoms with Gasteiger partial charge in [-0.05, 0) is 12.1 Å². The van der Waals surface area contributed by atoms with Crippen LogP contribution in [0, 0.1) is 0 Å². The first-order chi connectivity index (χ1) is 13.1. The predicted octanol–water partition coefficient (Wildman–Crippen LogP) is 7.38. The number of hydrogen-bond donors (Lipinski definition) is 0. The van der Waals surface area contributed by atoms with Crippen LogP contribution in [0.1, 0.15) is 25.7 Å². The fraction of sp³-hybridized carbons (Fsp3) is 0.105. The number of hydrogen-bond acceptors (Lipinski definition) is 3. The van der Waals surface area contributed by atoms with Gasteiger partial charge in [-0.3, -0.25) is 4.79 Å². The molecular formula is C19H8F6OS2. The molecule has 28 heavy (non-hydrogen) atoms. The lowest BCUT2D eigenvalue weighted by atomic mass is 10.0. The predicted molar refractivity (Wildman–Crippen MR) is 97.1 cm³/mol. The van der Waals surface area contributed by atoms with E-state index in [1.165, 1.54) is 48.5 Å². The minimum atomic E-state index is -4.88. The first-order valence-corrected chi connectivity index (χ1v) is 9.44. The minimum Gasteiger partial charge on any atom is -0.287 e. The first-order valence-electron chi connectivity index (χ1n) is 7.81. The summed E-state index contributed by atoms with van der Waals surface area (Å²) in [6.45, 7) is 0. The van der Waals surface area contributed by atoms with E-state index in [2.05, 4.69) is 0 Å². The zero-order valence-corrected chi connectivity index (χ0v) is 15.2. The molecule has 4 aromatic rings. The van der Waals surface area contributed by atoms with Gasteiger partial charge in [-0.2, -0.15) is 26.3 Å². The van der Waals surface area contributed by atoms with Gasteiger partial charge in [0, 0.05) is 20.2 Å². The molecule has 0 amide bonds. The zero-order chi connectivity index (χ0) is 20.3. The topological polar surface area (TPSA) is 17.1 Å². The van der Waals surface area contributed by atoms with Gasteiger partial charge in [-0.25, -0.2) is 0 Å². The lowest BCUT2D eigenvalue weighted by Crippen LogP contribution is -2.14. The second-order valence-electron chi connectivity index (χ2n) is 5.93. The van der Waals surface area contributed by atoms with Crippen molar-refractivity contribution in [3.05, 3.63) is 69.4 Å². The van der Waals surface area contributed by atoms with Crippen molar-refractivity contribution in [1.82, 2.24) is 0 Å². The van der Waals surface area contributed by atoms with Gasteiger partial charge in [0.05, 0.1) is 20.9 Å². The van der Waals surface area contributed by atoms with Crippen LogP contribution < -0.4 is 0 Å². The van der Waals surface area contributed by atoms with Crippen LogP contribution >= 0.6 is 22.7 Å². The zero-order valence-electron chi connectivity index (χ0n) is 13.6. The molecule has 0 saturated carbocycles. The third kappa shape index (κ3) is 2.98. The molecule has 2 aromatic heterocycles. The molecule has 0 atom stereocenters. The lowest BCUT2D eigenvalue weighted by molar-refractivity contribution is -0.136. The van der Waals surface area contributed by atoms with E-state index in [0.717, 1.165) is 0 Å². The van der Waals surface area contributed by atoms with Crippen LogP contribution in [0.2, 0.25) is 0 Å². The lowest BCUT2D eigenvalue weighted by Gasteiger charge is -2.10. The van der Waals surface area contributed by atoms with Gasteiger partial charge in [-0.15, -0.1) is 22.7 Å². The van der Waals surface area contributed by atoms with Gasteiger partial charge in [0.25, 0.3) is 0 Å². The quantitative estimate of drug-likeness (QED) is 0.239. The molecule has 2 aromatic carbocycles. The monoisotopic (exact) mass is 430 g/mol. The number of fused-ring (bicyclic) bond motifs is 2. The Balaban J connectivity index is 2.02. The molecule has 0 fully saturated rings. The van der Waals surface area contributed by atoms with E-state index in [-0.39, 0.29) is 20.2 Å². The Morgan fingerprint density at radius 2 is 1.00 bits per heavy atom. The molecule has 9 heteroatoms. The molecule has 0 N–H and O–H groups in total. The fourth-order valence-corrected chi connectivity index (χ4v) is 5.48. The smallest absolute Gasteiger partial charge is 0.287 e. The third-order valence-electron chi connectivity index (χ3n) is 4.17. The average molecular weight is 430 g/mol. The molecule has 144 valence electrons. The largest absolute Gasteiger partial charge is 0.418 e. The number of benzene rings is 2. The van der Waals surface area contributed by atoms with E-state index in [1.807, 2.05) is 0 Å². The summed E-state index contributed by atoms with van der Waals surface area (Å²) in [5.74, 6) is -1.26. The summed E-state index contributed by atoms with van der Waals surface area (Å²) < 4.78 is 82.3. The second kappa shape index (κ2) is 6.31. The van der Waals surface area contributed by atoms with Crippen LogP contribution in [0.15, 0.2) is 48.5 Å². The van der Waals surface area contributed by atoms with Crippen molar-refractivity contribution in [2.24, 2.45) is 0 Å². The van der Waals surface area contributed by atoms with Crippen LogP contribution in [0.3, 0.4) is 0 Å². The minimum absolute atomic E-state index is 0.188. The summed E-state index contributed by atoms with van der Waals surface area (Å²) in [5, 5.41) is -0.393. The Bertz CT molecular complexity index is 1120. The Kier molecular flexibility index (Phi) is 4.27. The van der Waals surface area contributed by atoms with E-state index in [0.29, 0.717) is 22.7 Å². The normalized spacial score (nSPS) is 12.8. The highest BCUT2D eigenvalue weighted by Gasteiger charge is 2.43. The summed E-state index contributed by atoms with van der Waals surface area (Å²) >= 11 is 1.11. The summed E-state index contributed by atoms with van der Waals surface area (Å²) in [6.07, 6.45) is -9.75. The molecular weight excluding hydrogens is 422 g/mol. The maximum absolute atomic E-state index is 13.7. The summed E-state index contributed by atoms with van der Waals surface area (Å²) in [6, 6.07) is 11.0. The molecule has 0 aliphatic heterocycles. The summed E-state index contributed by atoms with van der Waals surface area (Å²) in [5.41, 5.74) is -2.38. The molecule has 0 unspecified atom stereocenters. The maximum atomic E-state index is 13.7. The average Bonchev–Trinajstić information content (AvgIpc) is 3.19. The van der Waals surface area contributed by atoms with Crippen molar-refractivity contribution in [2.45, 2.75) is 12.4 Å². The van der Waals surface area contributed by atoms with Gasteiger partial charge < -0.3 is 0 Å². The number of rotatable bonds is 2. The molecule has 0 radical (unpaired) electrons. The van der Waals surface area contributed by atoms with Crippen LogP contribution in [0.25, 0.3) is 20.2 Å². The molecule has 0 aliphatic rings. The van der Waals surface area contributed by atoms with Crippen molar-refractivity contribution in [3.63, 3.8) is 0 Å². The number of carbonyl (C=O) groups is 1. The van der Waals surface area contributed by atoms with Crippen molar-refractivity contribution in [3.8, 4) is 0 Å². The number of thiophene rings is 2. The Labute approximate surface area is 161 Å². The first kappa shape index (κ1) is 18.9. The molecule has 1 nitrogen and oxygen atoms in total. The van der Waals surface area contributed by atoms with Crippen LogP contribution in [0.4, 0.5) is 26.3 Å². The maximum Gasteiger partial charge on any atom is 0.418 e. The fourth-order valence-electron chi connectivity index (χ4n) is 3.08. The van der Waals surface area contributed by atoms with Gasteiger partial charge in [0.1, 0.15) is 0 Å². The SMILES string of the molecule is O=C(c1sc2ccccc2c1C(F)(F)F)c1sc2ccccc2c1C(F)(F)F. The van der Waals surface area contributed by atoms with E-state index >= 15 is 0 Å². The molecule has 0 aliphatic carbocycles. The van der Waals surface area contributed by atoms with Gasteiger partial charge in [0.2, 0.25) is 5.78 Å². The van der Waals surface area contributed by atoms with Gasteiger partial charge >= 0.3 is 12.4 Å². The number of carbonyl (C=O) groups excluding carboxylic acids is 1. The van der Waals surface area contributed by atoms with Crippen molar-refractivity contribution in [1.29, 1.82) is 0 Å².